The van der Waals surface area contributed by atoms with Gasteiger partial charge in [-0.05, 0) is 26.2 Å². The molecule has 1 saturated carbocycles. The Morgan fingerprint density at radius 1 is 1.53 bits per heavy atom. The molecule has 5 nitrogen and oxygen atoms in total. The molecular formula is C14H24N4O. The van der Waals surface area contributed by atoms with Crippen LogP contribution in [0.4, 0.5) is 0 Å². The first-order chi connectivity index (χ1) is 9.20. The van der Waals surface area contributed by atoms with Gasteiger partial charge in [0, 0.05) is 37.9 Å². The Labute approximate surface area is 114 Å². The number of hydrogen-bond acceptors (Lipinski definition) is 4. The van der Waals surface area contributed by atoms with Gasteiger partial charge in [-0.2, -0.15) is 5.10 Å². The molecule has 1 saturated heterocycles. The van der Waals surface area contributed by atoms with Crippen molar-refractivity contribution in [3.05, 3.63) is 17.5 Å². The maximum absolute atomic E-state index is 6.08. The van der Waals surface area contributed by atoms with Crippen molar-refractivity contribution in [2.24, 2.45) is 12.8 Å². The van der Waals surface area contributed by atoms with Gasteiger partial charge in [0.05, 0.1) is 24.4 Å². The van der Waals surface area contributed by atoms with Crippen LogP contribution in [-0.2, 0) is 11.8 Å². The van der Waals surface area contributed by atoms with Gasteiger partial charge in [-0.3, -0.25) is 9.58 Å². The summed E-state index contributed by atoms with van der Waals surface area (Å²) in [6.07, 6.45) is 6.24. The zero-order valence-electron chi connectivity index (χ0n) is 11.9. The Morgan fingerprint density at radius 2 is 2.37 bits per heavy atom. The van der Waals surface area contributed by atoms with Gasteiger partial charge in [0.1, 0.15) is 0 Å². The van der Waals surface area contributed by atoms with Crippen LogP contribution in [0.3, 0.4) is 0 Å². The molecule has 19 heavy (non-hydrogen) atoms. The second-order valence-corrected chi connectivity index (χ2v) is 5.74. The highest BCUT2D eigenvalue weighted by molar-refractivity contribution is 5.21. The number of aryl methyl sites for hydroxylation is 2. The maximum Gasteiger partial charge on any atom is 0.0731 e. The molecule has 0 radical (unpaired) electrons. The van der Waals surface area contributed by atoms with E-state index < -0.39 is 0 Å². The molecule has 106 valence electrons. The summed E-state index contributed by atoms with van der Waals surface area (Å²) in [4.78, 5) is 2.56. The highest BCUT2D eigenvalue weighted by Crippen LogP contribution is 2.35. The largest absolute Gasteiger partial charge is 0.375 e. The summed E-state index contributed by atoms with van der Waals surface area (Å²) in [5.41, 5.74) is 8.45. The molecule has 2 heterocycles. The first-order valence-electron chi connectivity index (χ1n) is 7.28. The average Bonchev–Trinajstić information content (AvgIpc) is 2.98. The molecule has 2 aliphatic rings. The van der Waals surface area contributed by atoms with Crippen LogP contribution in [-0.4, -0.2) is 46.5 Å². The summed E-state index contributed by atoms with van der Waals surface area (Å²) in [5.74, 6) is 0. The number of rotatable bonds is 3. The standard InChI is InChI=1S/C14H24N4O/c1-10-11(9-17(2)16-10)13(8-15)18-6-7-19-14-5-3-4-12(14)18/h9,12-14H,3-8,15H2,1-2H3. The molecule has 0 amide bonds. The zero-order chi connectivity index (χ0) is 13.4. The lowest BCUT2D eigenvalue weighted by molar-refractivity contribution is -0.0712. The van der Waals surface area contributed by atoms with E-state index in [0.717, 1.165) is 18.8 Å². The fraction of sp³-hybridized carbons (Fsp3) is 0.786. The highest BCUT2D eigenvalue weighted by Gasteiger charge is 2.39. The van der Waals surface area contributed by atoms with Crippen LogP contribution in [0.25, 0.3) is 0 Å². The Balaban J connectivity index is 1.87. The Kier molecular flexibility index (Phi) is 3.60. The molecule has 5 heteroatoms. The molecule has 0 bridgehead atoms. The molecule has 1 aliphatic carbocycles. The van der Waals surface area contributed by atoms with Crippen LogP contribution in [0.1, 0.15) is 36.6 Å². The van der Waals surface area contributed by atoms with E-state index in [-0.39, 0.29) is 6.04 Å². The summed E-state index contributed by atoms with van der Waals surface area (Å²) < 4.78 is 7.78. The summed E-state index contributed by atoms with van der Waals surface area (Å²) >= 11 is 0. The van der Waals surface area contributed by atoms with Gasteiger partial charge in [-0.15, -0.1) is 0 Å². The van der Waals surface area contributed by atoms with Gasteiger partial charge < -0.3 is 10.5 Å². The first-order valence-corrected chi connectivity index (χ1v) is 7.28. The first kappa shape index (κ1) is 13.1. The lowest BCUT2D eigenvalue weighted by atomic mass is 10.0. The molecule has 1 aliphatic heterocycles. The second-order valence-electron chi connectivity index (χ2n) is 5.74. The fourth-order valence-electron chi connectivity index (χ4n) is 3.73. The molecule has 3 rings (SSSR count). The van der Waals surface area contributed by atoms with Gasteiger partial charge in [0.15, 0.2) is 0 Å². The van der Waals surface area contributed by atoms with Gasteiger partial charge in [-0.25, -0.2) is 0 Å². The smallest absolute Gasteiger partial charge is 0.0731 e. The van der Waals surface area contributed by atoms with Crippen molar-refractivity contribution in [2.75, 3.05) is 19.7 Å². The summed E-state index contributed by atoms with van der Waals surface area (Å²) in [5, 5.41) is 4.46. The monoisotopic (exact) mass is 264 g/mol. The van der Waals surface area contributed by atoms with Gasteiger partial charge >= 0.3 is 0 Å². The number of morpholine rings is 1. The van der Waals surface area contributed by atoms with Gasteiger partial charge in [0.25, 0.3) is 0 Å². The molecule has 0 aromatic carbocycles. The lowest BCUT2D eigenvalue weighted by Crippen LogP contribution is -2.51. The van der Waals surface area contributed by atoms with Crippen molar-refractivity contribution < 1.29 is 4.74 Å². The third-order valence-corrected chi connectivity index (χ3v) is 4.56. The van der Waals surface area contributed by atoms with Crippen LogP contribution < -0.4 is 5.73 Å². The van der Waals surface area contributed by atoms with Crippen molar-refractivity contribution in [1.82, 2.24) is 14.7 Å². The molecule has 1 aromatic rings. The SMILES string of the molecule is Cc1nn(C)cc1C(CN)N1CCOC2CCCC21. The van der Waals surface area contributed by atoms with Gasteiger partial charge in [0.2, 0.25) is 0 Å². The highest BCUT2D eigenvalue weighted by atomic mass is 16.5. The van der Waals surface area contributed by atoms with Crippen molar-refractivity contribution in [2.45, 2.75) is 44.4 Å². The molecule has 3 atom stereocenters. The summed E-state index contributed by atoms with van der Waals surface area (Å²) in [7, 11) is 1.97. The third kappa shape index (κ3) is 2.30. The summed E-state index contributed by atoms with van der Waals surface area (Å²) in [6, 6.07) is 0.824. The van der Waals surface area contributed by atoms with Gasteiger partial charge in [-0.1, -0.05) is 0 Å². The number of nitrogens with zero attached hydrogens (tertiary/aromatic N) is 3. The van der Waals surface area contributed by atoms with E-state index in [1.807, 2.05) is 11.7 Å². The van der Waals surface area contributed by atoms with Crippen molar-refractivity contribution in [3.63, 3.8) is 0 Å². The molecule has 2 fully saturated rings. The molecule has 1 aromatic heterocycles. The number of hydrogen-bond donors (Lipinski definition) is 1. The molecule has 0 spiro atoms. The lowest BCUT2D eigenvalue weighted by Gasteiger charge is -2.42. The van der Waals surface area contributed by atoms with Crippen LogP contribution in [0.15, 0.2) is 6.20 Å². The second kappa shape index (κ2) is 5.23. The topological polar surface area (TPSA) is 56.3 Å². The molecule has 3 unspecified atom stereocenters. The van der Waals surface area contributed by atoms with E-state index in [4.69, 9.17) is 10.5 Å². The fourth-order valence-corrected chi connectivity index (χ4v) is 3.73. The predicted molar refractivity (Wildman–Crippen MR) is 73.8 cm³/mol. The van der Waals surface area contributed by atoms with E-state index in [1.165, 1.54) is 24.8 Å². The molecular weight excluding hydrogens is 240 g/mol. The number of nitrogens with two attached hydrogens (primary N) is 1. The van der Waals surface area contributed by atoms with E-state index in [9.17, 15) is 0 Å². The average molecular weight is 264 g/mol. The zero-order valence-corrected chi connectivity index (χ0v) is 11.9. The van der Waals surface area contributed by atoms with Crippen LogP contribution >= 0.6 is 0 Å². The maximum atomic E-state index is 6.08. The minimum atomic E-state index is 0.281. The number of aromatic nitrogens is 2. The molecule has 2 N–H and O–H groups in total. The van der Waals surface area contributed by atoms with E-state index in [0.29, 0.717) is 18.7 Å². The number of fused-ring (bicyclic) bond motifs is 1. The van der Waals surface area contributed by atoms with Crippen molar-refractivity contribution >= 4 is 0 Å². The normalized spacial score (nSPS) is 29.4. The quantitative estimate of drug-likeness (QED) is 0.884. The minimum Gasteiger partial charge on any atom is -0.375 e. The predicted octanol–water partition coefficient (Wildman–Crippen LogP) is 0.982. The summed E-state index contributed by atoms with van der Waals surface area (Å²) in [6.45, 7) is 4.54. The Morgan fingerprint density at radius 3 is 3.05 bits per heavy atom. The number of ether oxygens (including phenoxy) is 1. The Bertz CT molecular complexity index is 445. The van der Waals surface area contributed by atoms with Crippen molar-refractivity contribution in [1.29, 1.82) is 0 Å². The minimum absolute atomic E-state index is 0.281. The third-order valence-electron chi connectivity index (χ3n) is 4.56. The van der Waals surface area contributed by atoms with Crippen molar-refractivity contribution in [3.8, 4) is 0 Å². The van der Waals surface area contributed by atoms with E-state index in [2.05, 4.69) is 23.1 Å². The van der Waals surface area contributed by atoms with E-state index >= 15 is 0 Å². The van der Waals surface area contributed by atoms with Crippen LogP contribution in [0.2, 0.25) is 0 Å². The van der Waals surface area contributed by atoms with Crippen LogP contribution in [0, 0.1) is 6.92 Å². The van der Waals surface area contributed by atoms with Crippen LogP contribution in [0.5, 0.6) is 0 Å². The van der Waals surface area contributed by atoms with E-state index in [1.54, 1.807) is 0 Å². The Hall–Kier alpha value is -0.910.